The highest BCUT2D eigenvalue weighted by Crippen LogP contribution is 2.35. The van der Waals surface area contributed by atoms with Gasteiger partial charge in [0.25, 0.3) is 10.9 Å². The summed E-state index contributed by atoms with van der Waals surface area (Å²) in [6.45, 7) is 2.40. The van der Waals surface area contributed by atoms with Crippen molar-refractivity contribution in [2.24, 2.45) is 5.92 Å². The van der Waals surface area contributed by atoms with Crippen molar-refractivity contribution in [3.8, 4) is 11.5 Å². The Hall–Kier alpha value is -3.36. The summed E-state index contributed by atoms with van der Waals surface area (Å²) in [6.07, 6.45) is 4.53. The zero-order valence-electron chi connectivity index (χ0n) is 17.1. The van der Waals surface area contributed by atoms with Crippen molar-refractivity contribution >= 4 is 28.1 Å². The lowest BCUT2D eigenvalue weighted by atomic mass is 9.93. The van der Waals surface area contributed by atoms with Crippen molar-refractivity contribution in [1.82, 2.24) is 9.97 Å². The second-order valence-corrected chi connectivity index (χ2v) is 7.51. The molecule has 1 aromatic heterocycles. The average Bonchev–Trinajstić information content (AvgIpc) is 2.80. The summed E-state index contributed by atoms with van der Waals surface area (Å²) in [5.41, 5.74) is 5.60. The smallest absolute Gasteiger partial charge is 0.253 e. The number of rotatable bonds is 7. The number of fused-ring (bicyclic) bond motifs is 1. The van der Waals surface area contributed by atoms with Crippen molar-refractivity contribution in [3.63, 3.8) is 0 Å². The number of methoxy groups -OCH3 is 2. The van der Waals surface area contributed by atoms with Crippen molar-refractivity contribution in [2.75, 3.05) is 49.8 Å². The van der Waals surface area contributed by atoms with Crippen LogP contribution < -0.4 is 36.3 Å². The fraction of sp³-hybridized carbons (Fsp3) is 0.429. The molecule has 0 radical (unpaired) electrons. The number of piperidine rings is 1. The van der Waals surface area contributed by atoms with Gasteiger partial charge < -0.3 is 25.4 Å². The number of nitrogen functional groups attached to an aromatic ring is 1. The molecule has 0 aliphatic carbocycles. The molecule has 3 N–H and O–H groups in total. The Morgan fingerprint density at radius 2 is 1.80 bits per heavy atom. The first-order valence-electron chi connectivity index (χ1n) is 9.97. The van der Waals surface area contributed by atoms with E-state index in [4.69, 9.17) is 15.2 Å². The second kappa shape index (κ2) is 8.17. The fourth-order valence-electron chi connectivity index (χ4n) is 4.04. The highest BCUT2D eigenvalue weighted by molar-refractivity contribution is 5.92. The van der Waals surface area contributed by atoms with Gasteiger partial charge >= 0.3 is 0 Å². The predicted octanol–water partition coefficient (Wildman–Crippen LogP) is 1.54. The molecule has 2 heterocycles. The van der Waals surface area contributed by atoms with E-state index in [1.54, 1.807) is 20.5 Å². The summed E-state index contributed by atoms with van der Waals surface area (Å²) < 4.78 is 10.8. The molecule has 0 saturated carbocycles. The minimum absolute atomic E-state index is 0.0533. The summed E-state index contributed by atoms with van der Waals surface area (Å²) in [6, 6.07) is 3.79. The minimum atomic E-state index is -0.586. The minimum Gasteiger partial charge on any atom is -0.493 e. The van der Waals surface area contributed by atoms with Gasteiger partial charge in [0.2, 0.25) is 0 Å². The van der Waals surface area contributed by atoms with E-state index in [1.807, 2.05) is 12.1 Å². The Balaban J connectivity index is 1.40. The molecule has 1 aliphatic rings. The van der Waals surface area contributed by atoms with E-state index >= 15 is 0 Å². The molecule has 9 heteroatoms. The van der Waals surface area contributed by atoms with Gasteiger partial charge in [-0.05, 0) is 31.2 Å². The third kappa shape index (κ3) is 3.51. The van der Waals surface area contributed by atoms with E-state index in [-0.39, 0.29) is 11.4 Å². The molecular formula is C21H25N5O4. The van der Waals surface area contributed by atoms with Crippen LogP contribution in [0.3, 0.4) is 0 Å². The first kappa shape index (κ1) is 19.9. The second-order valence-electron chi connectivity index (χ2n) is 7.51. The Morgan fingerprint density at radius 3 is 2.47 bits per heavy atom. The zero-order chi connectivity index (χ0) is 21.3. The lowest BCUT2D eigenvalue weighted by Crippen LogP contribution is -2.38. The van der Waals surface area contributed by atoms with Crippen LogP contribution in [-0.4, -0.2) is 43.8 Å². The maximum Gasteiger partial charge on any atom is 0.253 e. The molecule has 1 aliphatic heterocycles. The van der Waals surface area contributed by atoms with Crippen LogP contribution in [0.25, 0.3) is 10.9 Å². The number of nitrogens with one attached hydrogen (secondary N) is 1. The van der Waals surface area contributed by atoms with E-state index in [0.29, 0.717) is 24.0 Å². The zero-order valence-corrected chi connectivity index (χ0v) is 17.1. The molecule has 0 amide bonds. The molecule has 1 saturated heterocycles. The standard InChI is InChI=1S/C21H25N5O4/c1-29-15-9-13-14(10-16(15)30-2)24-11-25-21(13)26-7-4-12(5-8-26)3-6-23-18-17(22)19(27)20(18)28/h9-12,23H,3-8,22H2,1-2H3. The lowest BCUT2D eigenvalue weighted by Gasteiger charge is -2.33. The third-order valence-electron chi connectivity index (χ3n) is 5.84. The molecule has 30 heavy (non-hydrogen) atoms. The van der Waals surface area contributed by atoms with Crippen LogP contribution >= 0.6 is 0 Å². The molecule has 2 aromatic carbocycles. The SMILES string of the molecule is COc1cc2ncnc(N3CCC(CCNc4c(N)c(=O)c4=O)CC3)c2cc1OC. The molecule has 3 aromatic rings. The Kier molecular flexibility index (Phi) is 5.43. The predicted molar refractivity (Wildman–Crippen MR) is 116 cm³/mol. The lowest BCUT2D eigenvalue weighted by molar-refractivity contribution is 0.355. The van der Waals surface area contributed by atoms with Crippen LogP contribution in [-0.2, 0) is 0 Å². The monoisotopic (exact) mass is 411 g/mol. The van der Waals surface area contributed by atoms with Gasteiger partial charge in [0.05, 0.1) is 19.7 Å². The van der Waals surface area contributed by atoms with Crippen LogP contribution in [0, 0.1) is 5.92 Å². The summed E-state index contributed by atoms with van der Waals surface area (Å²) in [4.78, 5) is 33.8. The van der Waals surface area contributed by atoms with Gasteiger partial charge in [-0.25, -0.2) is 9.97 Å². The van der Waals surface area contributed by atoms with E-state index in [1.165, 1.54) is 0 Å². The Bertz CT molecular complexity index is 1130. The van der Waals surface area contributed by atoms with Crippen molar-refractivity contribution in [2.45, 2.75) is 19.3 Å². The van der Waals surface area contributed by atoms with Crippen LogP contribution in [0.5, 0.6) is 11.5 Å². The molecule has 0 bridgehead atoms. The summed E-state index contributed by atoms with van der Waals surface area (Å²) in [5.74, 6) is 2.72. The number of ether oxygens (including phenoxy) is 2. The van der Waals surface area contributed by atoms with Gasteiger partial charge in [-0.2, -0.15) is 0 Å². The summed E-state index contributed by atoms with van der Waals surface area (Å²) in [7, 11) is 3.22. The highest BCUT2D eigenvalue weighted by atomic mass is 16.5. The fourth-order valence-corrected chi connectivity index (χ4v) is 4.04. The normalized spacial score (nSPS) is 14.9. The molecule has 0 unspecified atom stereocenters. The number of nitrogens with two attached hydrogens (primary N) is 1. The van der Waals surface area contributed by atoms with Crippen LogP contribution in [0.4, 0.5) is 17.2 Å². The van der Waals surface area contributed by atoms with E-state index in [9.17, 15) is 9.59 Å². The van der Waals surface area contributed by atoms with E-state index < -0.39 is 10.9 Å². The number of benzene rings is 1. The number of hydrogen-bond donors (Lipinski definition) is 2. The number of aromatic nitrogens is 2. The van der Waals surface area contributed by atoms with Crippen LogP contribution in [0.1, 0.15) is 19.3 Å². The molecular weight excluding hydrogens is 386 g/mol. The van der Waals surface area contributed by atoms with Crippen LogP contribution in [0.2, 0.25) is 0 Å². The number of hydrogen-bond acceptors (Lipinski definition) is 9. The molecule has 158 valence electrons. The first-order chi connectivity index (χ1) is 14.5. The molecule has 0 spiro atoms. The average molecular weight is 411 g/mol. The largest absolute Gasteiger partial charge is 0.493 e. The van der Waals surface area contributed by atoms with Crippen LogP contribution in [0.15, 0.2) is 28.0 Å². The Labute approximate surface area is 173 Å². The van der Waals surface area contributed by atoms with Gasteiger partial charge in [0.15, 0.2) is 11.5 Å². The van der Waals surface area contributed by atoms with Gasteiger partial charge in [-0.1, -0.05) is 0 Å². The van der Waals surface area contributed by atoms with Gasteiger partial charge in [-0.15, -0.1) is 0 Å². The molecule has 9 nitrogen and oxygen atoms in total. The maximum absolute atomic E-state index is 11.5. The van der Waals surface area contributed by atoms with Gasteiger partial charge in [-0.3, -0.25) is 9.59 Å². The van der Waals surface area contributed by atoms with Gasteiger partial charge in [0, 0.05) is 31.1 Å². The molecule has 1 fully saturated rings. The van der Waals surface area contributed by atoms with Crippen molar-refractivity contribution in [1.29, 1.82) is 0 Å². The summed E-state index contributed by atoms with van der Waals surface area (Å²) >= 11 is 0. The van der Waals surface area contributed by atoms with Crippen molar-refractivity contribution in [3.05, 3.63) is 38.9 Å². The number of anilines is 3. The molecule has 4 rings (SSSR count). The van der Waals surface area contributed by atoms with E-state index in [2.05, 4.69) is 20.2 Å². The number of nitrogens with zero attached hydrogens (tertiary/aromatic N) is 3. The maximum atomic E-state index is 11.5. The Morgan fingerprint density at radius 1 is 1.10 bits per heavy atom. The van der Waals surface area contributed by atoms with Gasteiger partial charge in [0.1, 0.15) is 23.5 Å². The quantitative estimate of drug-likeness (QED) is 0.558. The van der Waals surface area contributed by atoms with Crippen molar-refractivity contribution < 1.29 is 9.47 Å². The highest BCUT2D eigenvalue weighted by Gasteiger charge is 2.23. The topological polar surface area (TPSA) is 120 Å². The first-order valence-corrected chi connectivity index (χ1v) is 9.97. The molecule has 0 atom stereocenters. The summed E-state index contributed by atoms with van der Waals surface area (Å²) in [5, 5.41) is 3.95. The van der Waals surface area contributed by atoms with E-state index in [0.717, 1.165) is 49.1 Å². The third-order valence-corrected chi connectivity index (χ3v) is 5.84.